The molecule has 168 valence electrons. The Morgan fingerprint density at radius 3 is 2.09 bits per heavy atom. The average molecular weight is 443 g/mol. The van der Waals surface area contributed by atoms with Crippen molar-refractivity contribution >= 4 is 23.1 Å². The largest absolute Gasteiger partial charge is 0.507 e. The van der Waals surface area contributed by atoms with E-state index < -0.39 is 17.7 Å². The van der Waals surface area contributed by atoms with Crippen molar-refractivity contribution < 1.29 is 19.4 Å². The zero-order chi connectivity index (χ0) is 23.5. The molecule has 1 aliphatic heterocycles. The zero-order valence-corrected chi connectivity index (χ0v) is 18.6. The summed E-state index contributed by atoms with van der Waals surface area (Å²) in [5.41, 5.74) is 9.55. The van der Waals surface area contributed by atoms with E-state index in [-0.39, 0.29) is 11.3 Å². The Hall–Kier alpha value is -3.90. The molecular formula is C27H26N2O4. The van der Waals surface area contributed by atoms with Crippen LogP contribution >= 0.6 is 0 Å². The minimum absolute atomic E-state index is 0.0531. The molecule has 6 nitrogen and oxygen atoms in total. The van der Waals surface area contributed by atoms with Gasteiger partial charge in [-0.1, -0.05) is 43.3 Å². The van der Waals surface area contributed by atoms with E-state index in [9.17, 15) is 14.7 Å². The highest BCUT2D eigenvalue weighted by atomic mass is 16.5. The number of ketones is 1. The van der Waals surface area contributed by atoms with Crippen LogP contribution in [0.3, 0.4) is 0 Å². The minimum atomic E-state index is -0.762. The van der Waals surface area contributed by atoms with E-state index in [1.807, 2.05) is 36.4 Å². The number of carbonyl (C=O) groups is 2. The maximum absolute atomic E-state index is 13.2. The Morgan fingerprint density at radius 1 is 0.939 bits per heavy atom. The van der Waals surface area contributed by atoms with Gasteiger partial charge in [0.1, 0.15) is 11.5 Å². The lowest BCUT2D eigenvalue weighted by molar-refractivity contribution is -0.132. The van der Waals surface area contributed by atoms with Crippen molar-refractivity contribution in [3.63, 3.8) is 0 Å². The second kappa shape index (κ2) is 9.30. The monoisotopic (exact) mass is 442 g/mol. The topological polar surface area (TPSA) is 92.9 Å². The summed E-state index contributed by atoms with van der Waals surface area (Å²) in [5, 5.41) is 11.2. The molecule has 3 N–H and O–H groups in total. The predicted octanol–water partition coefficient (Wildman–Crippen LogP) is 4.34. The Morgan fingerprint density at radius 2 is 1.55 bits per heavy atom. The van der Waals surface area contributed by atoms with Crippen LogP contribution in [0.4, 0.5) is 5.69 Å². The maximum Gasteiger partial charge on any atom is 0.300 e. The Labute approximate surface area is 192 Å². The van der Waals surface area contributed by atoms with Crippen LogP contribution in [0, 0.1) is 0 Å². The molecule has 4 rings (SSSR count). The van der Waals surface area contributed by atoms with Crippen molar-refractivity contribution in [2.75, 3.05) is 12.0 Å². The van der Waals surface area contributed by atoms with Gasteiger partial charge in [0.15, 0.2) is 0 Å². The van der Waals surface area contributed by atoms with Crippen molar-refractivity contribution in [2.24, 2.45) is 5.73 Å². The molecule has 1 amide bonds. The van der Waals surface area contributed by atoms with Crippen LogP contribution in [0.15, 0.2) is 78.4 Å². The number of ether oxygens (including phenoxy) is 1. The van der Waals surface area contributed by atoms with E-state index in [0.29, 0.717) is 23.5 Å². The summed E-state index contributed by atoms with van der Waals surface area (Å²) in [5.74, 6) is -1.01. The number of aryl methyl sites for hydroxylation is 1. The van der Waals surface area contributed by atoms with Crippen molar-refractivity contribution in [1.82, 2.24) is 0 Å². The van der Waals surface area contributed by atoms with Crippen LogP contribution in [0.5, 0.6) is 5.75 Å². The van der Waals surface area contributed by atoms with Crippen molar-refractivity contribution in [3.8, 4) is 5.75 Å². The fourth-order valence-corrected chi connectivity index (χ4v) is 4.05. The third-order valence-electron chi connectivity index (χ3n) is 5.96. The molecule has 0 spiro atoms. The molecule has 6 heteroatoms. The number of benzene rings is 3. The molecule has 0 aromatic heterocycles. The molecular weight excluding hydrogens is 416 g/mol. The first-order valence-corrected chi connectivity index (χ1v) is 10.8. The third kappa shape index (κ3) is 4.13. The summed E-state index contributed by atoms with van der Waals surface area (Å²) in [4.78, 5) is 27.8. The van der Waals surface area contributed by atoms with E-state index in [0.717, 1.165) is 23.1 Å². The fraction of sp³-hybridized carbons (Fsp3) is 0.185. The predicted molar refractivity (Wildman–Crippen MR) is 128 cm³/mol. The highest BCUT2D eigenvalue weighted by Gasteiger charge is 2.46. The van der Waals surface area contributed by atoms with Crippen LogP contribution in [-0.2, 0) is 22.6 Å². The van der Waals surface area contributed by atoms with Gasteiger partial charge in [0, 0.05) is 17.8 Å². The molecule has 1 heterocycles. The van der Waals surface area contributed by atoms with Crippen molar-refractivity contribution in [2.45, 2.75) is 25.9 Å². The average Bonchev–Trinajstić information content (AvgIpc) is 3.14. The number of carbonyl (C=O) groups excluding carboxylic acids is 2. The Balaban J connectivity index is 1.89. The number of aliphatic hydroxyl groups excluding tert-OH is 1. The van der Waals surface area contributed by atoms with Gasteiger partial charge in [0.2, 0.25) is 0 Å². The number of anilines is 1. The van der Waals surface area contributed by atoms with Gasteiger partial charge in [-0.3, -0.25) is 14.5 Å². The standard InChI is InChI=1S/C27H26N2O4/c1-3-17-4-8-19(9-5-17)24-23(25(30)20-10-14-22(33-2)15-11-20)26(31)27(32)29(24)21-12-6-18(16-28)7-13-21/h4-15,24,30H,3,16,28H2,1-2H3. The van der Waals surface area contributed by atoms with Crippen LogP contribution in [0.2, 0.25) is 0 Å². The number of nitrogens with two attached hydrogens (primary N) is 1. The van der Waals surface area contributed by atoms with Crippen LogP contribution in [-0.4, -0.2) is 23.9 Å². The van der Waals surface area contributed by atoms with E-state index >= 15 is 0 Å². The molecule has 0 bridgehead atoms. The van der Waals surface area contributed by atoms with E-state index in [1.54, 1.807) is 43.5 Å². The molecule has 3 aromatic carbocycles. The summed E-state index contributed by atoms with van der Waals surface area (Å²) < 4.78 is 5.18. The number of hydrogen-bond acceptors (Lipinski definition) is 5. The lowest BCUT2D eigenvalue weighted by atomic mass is 9.94. The third-order valence-corrected chi connectivity index (χ3v) is 5.96. The molecule has 1 atom stereocenters. The molecule has 1 saturated heterocycles. The van der Waals surface area contributed by atoms with E-state index in [4.69, 9.17) is 10.5 Å². The number of methoxy groups -OCH3 is 1. The van der Waals surface area contributed by atoms with Crippen LogP contribution in [0.25, 0.3) is 5.76 Å². The molecule has 0 saturated carbocycles. The number of Topliss-reactive ketones (excluding diaryl/α,β-unsaturated/α-hetero) is 1. The summed E-state index contributed by atoms with van der Waals surface area (Å²) >= 11 is 0. The van der Waals surface area contributed by atoms with Gasteiger partial charge in [-0.05, 0) is 59.5 Å². The number of nitrogens with zero attached hydrogens (tertiary/aromatic N) is 1. The van der Waals surface area contributed by atoms with Crippen molar-refractivity contribution in [3.05, 3.63) is 101 Å². The van der Waals surface area contributed by atoms with Gasteiger partial charge in [-0.2, -0.15) is 0 Å². The molecule has 1 unspecified atom stereocenters. The number of amides is 1. The zero-order valence-electron chi connectivity index (χ0n) is 18.6. The van der Waals surface area contributed by atoms with Gasteiger partial charge in [0.05, 0.1) is 18.7 Å². The second-order valence-electron chi connectivity index (χ2n) is 7.86. The number of rotatable bonds is 6. The molecule has 1 fully saturated rings. The maximum atomic E-state index is 13.2. The van der Waals surface area contributed by atoms with Gasteiger partial charge < -0.3 is 15.6 Å². The van der Waals surface area contributed by atoms with Gasteiger partial charge >= 0.3 is 0 Å². The quantitative estimate of drug-likeness (QED) is 0.337. The van der Waals surface area contributed by atoms with Gasteiger partial charge in [-0.25, -0.2) is 0 Å². The first-order valence-electron chi connectivity index (χ1n) is 10.8. The fourth-order valence-electron chi connectivity index (χ4n) is 4.05. The molecule has 0 radical (unpaired) electrons. The van der Waals surface area contributed by atoms with E-state index in [2.05, 4.69) is 6.92 Å². The number of hydrogen-bond donors (Lipinski definition) is 2. The summed E-state index contributed by atoms with van der Waals surface area (Å²) in [6, 6.07) is 20.9. The van der Waals surface area contributed by atoms with E-state index in [1.165, 1.54) is 4.90 Å². The first-order chi connectivity index (χ1) is 16.0. The summed E-state index contributed by atoms with van der Waals surface area (Å²) in [7, 11) is 1.55. The highest BCUT2D eigenvalue weighted by molar-refractivity contribution is 6.51. The SMILES string of the molecule is CCc1ccc(C2C(=C(O)c3ccc(OC)cc3)C(=O)C(=O)N2c2ccc(CN)cc2)cc1. The molecule has 33 heavy (non-hydrogen) atoms. The smallest absolute Gasteiger partial charge is 0.300 e. The van der Waals surface area contributed by atoms with Crippen LogP contribution in [0.1, 0.15) is 35.2 Å². The lowest BCUT2D eigenvalue weighted by Crippen LogP contribution is -2.29. The Kier molecular flexibility index (Phi) is 6.29. The van der Waals surface area contributed by atoms with Crippen molar-refractivity contribution in [1.29, 1.82) is 0 Å². The van der Waals surface area contributed by atoms with Gasteiger partial charge in [-0.15, -0.1) is 0 Å². The molecule has 1 aliphatic rings. The lowest BCUT2D eigenvalue weighted by Gasteiger charge is -2.26. The second-order valence-corrected chi connectivity index (χ2v) is 7.86. The Bertz CT molecular complexity index is 1200. The number of aliphatic hydroxyl groups is 1. The highest BCUT2D eigenvalue weighted by Crippen LogP contribution is 2.42. The first kappa shape index (κ1) is 22.3. The minimum Gasteiger partial charge on any atom is -0.507 e. The molecule has 0 aliphatic carbocycles. The molecule has 3 aromatic rings. The summed E-state index contributed by atoms with van der Waals surface area (Å²) in [6.07, 6.45) is 0.868. The van der Waals surface area contributed by atoms with Gasteiger partial charge in [0.25, 0.3) is 11.7 Å². The summed E-state index contributed by atoms with van der Waals surface area (Å²) in [6.45, 7) is 2.43. The normalized spacial score (nSPS) is 17.4. The van der Waals surface area contributed by atoms with Crippen LogP contribution < -0.4 is 15.4 Å².